The zero-order valence-corrected chi connectivity index (χ0v) is 30.7. The van der Waals surface area contributed by atoms with Gasteiger partial charge in [0.05, 0.1) is 0 Å². The average Bonchev–Trinajstić information content (AvgIpc) is 3.12. The number of nitrogens with one attached hydrogen (secondary N) is 1. The van der Waals surface area contributed by atoms with Crippen LogP contribution in [0.1, 0.15) is 62.3 Å². The molecule has 4 aromatic carbocycles. The van der Waals surface area contributed by atoms with Crippen molar-refractivity contribution in [2.45, 2.75) is 53.6 Å². The third-order valence-electron chi connectivity index (χ3n) is 7.34. The number of nitrogens with two attached hydrogens (primary N) is 1. The van der Waals surface area contributed by atoms with Crippen LogP contribution in [-0.2, 0) is 0 Å². The molecule has 2 amide bonds. The quantitative estimate of drug-likeness (QED) is 0.151. The topological polar surface area (TPSA) is 130 Å². The highest BCUT2D eigenvalue weighted by Crippen LogP contribution is 2.22. The minimum atomic E-state index is -0.108. The van der Waals surface area contributed by atoms with Gasteiger partial charge >= 0.3 is 0 Å². The van der Waals surface area contributed by atoms with Gasteiger partial charge in [0.2, 0.25) is 11.2 Å². The molecule has 0 radical (unpaired) electrons. The van der Waals surface area contributed by atoms with Crippen molar-refractivity contribution < 1.29 is 9.59 Å². The monoisotopic (exact) mass is 704 g/mol. The van der Waals surface area contributed by atoms with Crippen LogP contribution in [0.4, 0.5) is 17.6 Å². The van der Waals surface area contributed by atoms with Crippen molar-refractivity contribution in [1.29, 1.82) is 0 Å². The lowest BCUT2D eigenvalue weighted by Gasteiger charge is -2.21. The highest BCUT2D eigenvalue weighted by Gasteiger charge is 2.19. The summed E-state index contributed by atoms with van der Waals surface area (Å²) in [4.78, 5) is 45.6. The Morgan fingerprint density at radius 1 is 0.667 bits per heavy atom. The summed E-state index contributed by atoms with van der Waals surface area (Å²) in [6.07, 6.45) is 3.21. The van der Waals surface area contributed by atoms with Crippen LogP contribution in [0.25, 0.3) is 21.5 Å². The average molecular weight is 705 g/mol. The number of carbonyl (C=O) groups is 2. The lowest BCUT2D eigenvalue weighted by Crippen LogP contribution is -2.31. The number of anilines is 3. The molecule has 264 valence electrons. The third kappa shape index (κ3) is 10.8. The van der Waals surface area contributed by atoms with Gasteiger partial charge in [-0.3, -0.25) is 19.4 Å². The van der Waals surface area contributed by atoms with E-state index in [1.807, 2.05) is 126 Å². The molecule has 0 saturated carbocycles. The van der Waals surface area contributed by atoms with Crippen molar-refractivity contribution in [2.75, 3.05) is 28.2 Å². The molecule has 0 fully saturated rings. The van der Waals surface area contributed by atoms with Gasteiger partial charge in [0.25, 0.3) is 11.8 Å². The normalized spacial score (nSPS) is 10.6. The van der Waals surface area contributed by atoms with Gasteiger partial charge in [-0.1, -0.05) is 74.5 Å². The van der Waals surface area contributed by atoms with Crippen molar-refractivity contribution in [3.63, 3.8) is 0 Å². The second-order valence-electron chi connectivity index (χ2n) is 12.2. The van der Waals surface area contributed by atoms with E-state index in [2.05, 4.69) is 25.3 Å². The Kier molecular flexibility index (Phi) is 13.9. The summed E-state index contributed by atoms with van der Waals surface area (Å²) in [5.74, 6) is 1.45. The van der Waals surface area contributed by atoms with E-state index in [4.69, 9.17) is 17.3 Å². The van der Waals surface area contributed by atoms with Gasteiger partial charge < -0.3 is 11.1 Å². The van der Waals surface area contributed by atoms with E-state index in [1.54, 1.807) is 34.3 Å². The van der Waals surface area contributed by atoms with Crippen molar-refractivity contribution >= 4 is 62.5 Å². The smallest absolute Gasteiger partial charge is 0.259 e. The first-order valence-electron chi connectivity index (χ1n) is 17.0. The lowest BCUT2D eigenvalue weighted by atomic mass is 10.1. The second kappa shape index (κ2) is 18.5. The number of benzene rings is 4. The zero-order chi connectivity index (χ0) is 36.9. The molecule has 0 aliphatic rings. The van der Waals surface area contributed by atoms with Crippen molar-refractivity contribution in [3.8, 4) is 0 Å². The first kappa shape index (κ1) is 38.4. The first-order valence-corrected chi connectivity index (χ1v) is 17.3. The number of fused-ring (bicyclic) bond motifs is 2. The molecule has 2 heterocycles. The largest absolute Gasteiger partial charge is 0.352 e. The molecule has 0 saturated heterocycles. The Bertz CT molecular complexity index is 2070. The van der Waals surface area contributed by atoms with Crippen LogP contribution in [0.3, 0.4) is 0 Å². The van der Waals surface area contributed by atoms with Crippen LogP contribution in [0.5, 0.6) is 0 Å². The van der Waals surface area contributed by atoms with E-state index in [1.165, 1.54) is 0 Å². The van der Waals surface area contributed by atoms with Crippen LogP contribution in [0, 0.1) is 0 Å². The summed E-state index contributed by atoms with van der Waals surface area (Å²) in [6.45, 7) is 12.8. The SMILES string of the molecule is CC(C)N.CCN(C(=O)c1ccc2ccccc2c1)c1ccnc(Cl)n1.CCN(C(=O)c1ccc2ccccc2c1)c1ccnc(NC(C)C)n1. The van der Waals surface area contributed by atoms with Crippen molar-refractivity contribution in [2.24, 2.45) is 5.73 Å². The number of hydrogen-bond acceptors (Lipinski definition) is 8. The van der Waals surface area contributed by atoms with E-state index in [0.717, 1.165) is 21.5 Å². The maximum absolute atomic E-state index is 13.0. The molecule has 0 aliphatic carbocycles. The molecular weight excluding hydrogens is 660 g/mol. The summed E-state index contributed by atoms with van der Waals surface area (Å²) in [7, 11) is 0. The first-order chi connectivity index (χ1) is 24.5. The molecule has 51 heavy (non-hydrogen) atoms. The van der Waals surface area contributed by atoms with Gasteiger partial charge in [-0.05, 0) is 103 Å². The number of nitrogens with zero attached hydrogens (tertiary/aromatic N) is 6. The number of amides is 2. The zero-order valence-electron chi connectivity index (χ0n) is 29.9. The summed E-state index contributed by atoms with van der Waals surface area (Å²) in [6, 6.07) is 31.4. The predicted molar refractivity (Wildman–Crippen MR) is 210 cm³/mol. The molecule has 2 aromatic heterocycles. The third-order valence-corrected chi connectivity index (χ3v) is 7.52. The molecular formula is C40H45ClN8O2. The van der Waals surface area contributed by atoms with E-state index in [9.17, 15) is 9.59 Å². The summed E-state index contributed by atoms with van der Waals surface area (Å²) >= 11 is 5.81. The fourth-order valence-corrected chi connectivity index (χ4v) is 5.22. The minimum Gasteiger partial charge on any atom is -0.352 e. The number of aromatic nitrogens is 4. The highest BCUT2D eigenvalue weighted by molar-refractivity contribution is 6.28. The fraction of sp³-hybridized carbons (Fsp3) is 0.250. The molecule has 0 atom stereocenters. The van der Waals surface area contributed by atoms with E-state index < -0.39 is 0 Å². The summed E-state index contributed by atoms with van der Waals surface area (Å²) in [5, 5.41) is 7.60. The molecule has 0 spiro atoms. The van der Waals surface area contributed by atoms with E-state index in [-0.39, 0.29) is 23.1 Å². The fourth-order valence-electron chi connectivity index (χ4n) is 5.08. The Hall–Kier alpha value is -5.45. The Labute approximate surface area is 304 Å². The number of carbonyl (C=O) groups excluding carboxylic acids is 2. The van der Waals surface area contributed by atoms with Gasteiger partial charge in [0.15, 0.2) is 0 Å². The Balaban J connectivity index is 0.000000208. The Morgan fingerprint density at radius 3 is 1.53 bits per heavy atom. The molecule has 0 unspecified atom stereocenters. The Morgan fingerprint density at radius 2 is 1.10 bits per heavy atom. The molecule has 6 rings (SSSR count). The second-order valence-corrected chi connectivity index (χ2v) is 12.5. The van der Waals surface area contributed by atoms with Crippen LogP contribution < -0.4 is 20.9 Å². The van der Waals surface area contributed by atoms with E-state index >= 15 is 0 Å². The molecule has 0 aliphatic heterocycles. The number of halogens is 1. The van der Waals surface area contributed by atoms with Gasteiger partial charge in [0, 0.05) is 42.7 Å². The van der Waals surface area contributed by atoms with E-state index in [0.29, 0.717) is 47.8 Å². The molecule has 3 N–H and O–H groups in total. The minimum absolute atomic E-state index is 0.0672. The standard InChI is InChI=1S/C20H22N4O.C17H14ClN3O.C3H9N/c1-4-24(18-11-12-21-20(23-18)22-14(2)3)19(25)17-10-9-15-7-5-6-8-16(15)13-17;1-2-21(15-9-10-19-17(18)20-15)16(22)14-8-7-12-5-3-4-6-13(12)11-14;1-3(2)4/h5-14H,4H2,1-3H3,(H,21,22,23);3-11H,2H2,1H3;3H,4H2,1-2H3. The maximum atomic E-state index is 13.0. The molecule has 10 nitrogen and oxygen atoms in total. The van der Waals surface area contributed by atoms with Crippen molar-refractivity contribution in [1.82, 2.24) is 19.9 Å². The van der Waals surface area contributed by atoms with Gasteiger partial charge in [-0.2, -0.15) is 4.98 Å². The van der Waals surface area contributed by atoms with Crippen LogP contribution in [0.2, 0.25) is 5.28 Å². The summed E-state index contributed by atoms with van der Waals surface area (Å²) in [5.41, 5.74) is 6.38. The van der Waals surface area contributed by atoms with Gasteiger partial charge in [0.1, 0.15) is 11.6 Å². The molecule has 6 aromatic rings. The van der Waals surface area contributed by atoms with Gasteiger partial charge in [-0.25, -0.2) is 15.0 Å². The number of rotatable bonds is 8. The highest BCUT2D eigenvalue weighted by atomic mass is 35.5. The van der Waals surface area contributed by atoms with Gasteiger partial charge in [-0.15, -0.1) is 0 Å². The molecule has 0 bridgehead atoms. The maximum Gasteiger partial charge on any atom is 0.259 e. The van der Waals surface area contributed by atoms with Crippen LogP contribution in [0.15, 0.2) is 109 Å². The lowest BCUT2D eigenvalue weighted by molar-refractivity contribution is 0.0979. The van der Waals surface area contributed by atoms with Crippen molar-refractivity contribution in [3.05, 3.63) is 126 Å². The summed E-state index contributed by atoms with van der Waals surface area (Å²) < 4.78 is 0. The molecule has 11 heteroatoms. The predicted octanol–water partition coefficient (Wildman–Crippen LogP) is 8.42. The van der Waals surface area contributed by atoms with Crippen LogP contribution >= 0.6 is 11.6 Å². The number of hydrogen-bond donors (Lipinski definition) is 2. The van der Waals surface area contributed by atoms with Crippen LogP contribution in [-0.4, -0.2) is 56.9 Å².